The van der Waals surface area contributed by atoms with E-state index in [9.17, 15) is 4.79 Å². The minimum Gasteiger partial charge on any atom is -0.325 e. The molecule has 0 spiro atoms. The molecule has 1 aliphatic rings. The fourth-order valence-electron chi connectivity index (χ4n) is 3.59. The number of nitrogens with zero attached hydrogens (tertiary/aromatic N) is 7. The average molecular weight is 400 g/mol. The first kappa shape index (κ1) is 18.6. The van der Waals surface area contributed by atoms with Gasteiger partial charge in [-0.3, -0.25) is 14.5 Å². The number of fused-ring (bicyclic) bond motifs is 1. The molecule has 0 aliphatic carbocycles. The van der Waals surface area contributed by atoms with Crippen molar-refractivity contribution in [2.75, 3.05) is 6.54 Å². The number of hydrogen-bond donors (Lipinski definition) is 0. The Morgan fingerprint density at radius 3 is 2.82 bits per heavy atom. The van der Waals surface area contributed by atoms with Gasteiger partial charge in [0.2, 0.25) is 0 Å². The molecule has 0 radical (unpaired) electrons. The third-order valence-electron chi connectivity index (χ3n) is 5.20. The van der Waals surface area contributed by atoms with E-state index in [1.807, 2.05) is 21.7 Å². The Morgan fingerprint density at radius 2 is 2.18 bits per heavy atom. The molecule has 1 amide bonds. The van der Waals surface area contributed by atoms with E-state index in [4.69, 9.17) is 16.6 Å². The summed E-state index contributed by atoms with van der Waals surface area (Å²) in [6.45, 7) is 5.34. The van der Waals surface area contributed by atoms with E-state index in [0.717, 1.165) is 17.8 Å². The first-order valence-corrected chi connectivity index (χ1v) is 9.72. The molecule has 4 heterocycles. The van der Waals surface area contributed by atoms with Crippen LogP contribution in [-0.4, -0.2) is 46.9 Å². The molecule has 8 nitrogen and oxygen atoms in total. The maximum Gasteiger partial charge on any atom is 0.276 e. The number of rotatable bonds is 4. The molecular formula is C19H22ClN7O. The zero-order valence-electron chi connectivity index (χ0n) is 16.1. The molecule has 146 valence electrons. The van der Waals surface area contributed by atoms with Crippen LogP contribution in [0.1, 0.15) is 42.6 Å². The highest BCUT2D eigenvalue weighted by molar-refractivity contribution is 6.33. The summed E-state index contributed by atoms with van der Waals surface area (Å²) >= 11 is 6.23. The lowest BCUT2D eigenvalue weighted by molar-refractivity contribution is 0.0512. The predicted molar refractivity (Wildman–Crippen MR) is 105 cm³/mol. The van der Waals surface area contributed by atoms with Crippen LogP contribution in [0.3, 0.4) is 0 Å². The topological polar surface area (TPSA) is 81.7 Å². The standard InChI is InChI=1S/C19H22ClN7O/c1-4-12(2)16-18-22-17(13-6-5-7-21-10-13)24-27(18)9-8-26(16)19(28)15-14(20)11-25(3)23-15/h5-7,10-12,16H,4,8-9H2,1-3H3/t12-,16-/m0/s1. The van der Waals surface area contributed by atoms with E-state index >= 15 is 0 Å². The number of carbonyl (C=O) groups excluding carboxylic acids is 1. The van der Waals surface area contributed by atoms with Crippen LogP contribution in [0.4, 0.5) is 0 Å². The van der Waals surface area contributed by atoms with Crippen molar-refractivity contribution in [2.24, 2.45) is 13.0 Å². The molecule has 0 N–H and O–H groups in total. The molecule has 0 unspecified atom stereocenters. The molecule has 28 heavy (non-hydrogen) atoms. The first-order chi connectivity index (χ1) is 13.5. The first-order valence-electron chi connectivity index (χ1n) is 9.34. The van der Waals surface area contributed by atoms with Crippen molar-refractivity contribution in [3.05, 3.63) is 47.3 Å². The second-order valence-electron chi connectivity index (χ2n) is 7.09. The van der Waals surface area contributed by atoms with Crippen LogP contribution in [0.2, 0.25) is 5.02 Å². The van der Waals surface area contributed by atoms with E-state index < -0.39 is 0 Å². The number of aromatic nitrogens is 6. The summed E-state index contributed by atoms with van der Waals surface area (Å²) < 4.78 is 3.46. The lowest BCUT2D eigenvalue weighted by atomic mass is 9.95. The van der Waals surface area contributed by atoms with Gasteiger partial charge in [0.25, 0.3) is 5.91 Å². The fraction of sp³-hybridized carbons (Fsp3) is 0.421. The average Bonchev–Trinajstić information content (AvgIpc) is 3.29. The van der Waals surface area contributed by atoms with Crippen molar-refractivity contribution < 1.29 is 4.79 Å². The fourth-order valence-corrected chi connectivity index (χ4v) is 3.85. The van der Waals surface area contributed by atoms with Gasteiger partial charge in [0.15, 0.2) is 17.3 Å². The SMILES string of the molecule is CC[C@H](C)[C@H]1c2nc(-c3cccnc3)nn2CCN1C(=O)c1nn(C)cc1Cl. The van der Waals surface area contributed by atoms with Crippen molar-refractivity contribution in [3.8, 4) is 11.4 Å². The number of carbonyl (C=O) groups is 1. The van der Waals surface area contributed by atoms with Gasteiger partial charge >= 0.3 is 0 Å². The highest BCUT2D eigenvalue weighted by atomic mass is 35.5. The maximum absolute atomic E-state index is 13.2. The highest BCUT2D eigenvalue weighted by Gasteiger charge is 2.38. The van der Waals surface area contributed by atoms with Crippen LogP contribution < -0.4 is 0 Å². The number of amides is 1. The predicted octanol–water partition coefficient (Wildman–Crippen LogP) is 2.97. The summed E-state index contributed by atoms with van der Waals surface area (Å²) in [5.74, 6) is 1.45. The van der Waals surface area contributed by atoms with Crippen LogP contribution in [0, 0.1) is 5.92 Å². The Bertz CT molecular complexity index is 997. The van der Waals surface area contributed by atoms with E-state index in [0.29, 0.717) is 23.9 Å². The minimum atomic E-state index is -0.192. The van der Waals surface area contributed by atoms with Gasteiger partial charge < -0.3 is 4.90 Å². The van der Waals surface area contributed by atoms with Gasteiger partial charge in [-0.15, -0.1) is 0 Å². The Morgan fingerprint density at radius 1 is 1.36 bits per heavy atom. The van der Waals surface area contributed by atoms with Crippen LogP contribution in [0.5, 0.6) is 0 Å². The van der Waals surface area contributed by atoms with Gasteiger partial charge in [-0.2, -0.15) is 10.2 Å². The van der Waals surface area contributed by atoms with Crippen molar-refractivity contribution >= 4 is 17.5 Å². The largest absolute Gasteiger partial charge is 0.325 e. The van der Waals surface area contributed by atoms with Crippen LogP contribution >= 0.6 is 11.6 Å². The second kappa shape index (κ2) is 7.35. The summed E-state index contributed by atoms with van der Waals surface area (Å²) in [5, 5.41) is 9.27. The zero-order chi connectivity index (χ0) is 19.8. The van der Waals surface area contributed by atoms with Gasteiger partial charge in [0, 0.05) is 37.7 Å². The molecule has 1 aliphatic heterocycles. The molecule has 2 atom stereocenters. The lowest BCUT2D eigenvalue weighted by Gasteiger charge is -2.38. The molecule has 9 heteroatoms. The Hall–Kier alpha value is -2.74. The zero-order valence-corrected chi connectivity index (χ0v) is 16.8. The quantitative estimate of drug-likeness (QED) is 0.673. The number of aryl methyl sites for hydroxylation is 1. The van der Waals surface area contributed by atoms with Crippen molar-refractivity contribution in [1.29, 1.82) is 0 Å². The van der Waals surface area contributed by atoms with Crippen LogP contribution in [0.15, 0.2) is 30.7 Å². The molecule has 0 fully saturated rings. The Kier molecular flexibility index (Phi) is 4.89. The van der Waals surface area contributed by atoms with E-state index in [-0.39, 0.29) is 23.6 Å². The van der Waals surface area contributed by atoms with Crippen LogP contribution in [-0.2, 0) is 13.6 Å². The monoisotopic (exact) mass is 399 g/mol. The molecule has 0 aromatic carbocycles. The molecule has 0 saturated heterocycles. The molecular weight excluding hydrogens is 378 g/mol. The molecule has 0 bridgehead atoms. The summed E-state index contributed by atoms with van der Waals surface area (Å²) in [6.07, 6.45) is 6.01. The number of hydrogen-bond acceptors (Lipinski definition) is 5. The van der Waals surface area contributed by atoms with Crippen molar-refractivity contribution in [3.63, 3.8) is 0 Å². The van der Waals surface area contributed by atoms with Gasteiger partial charge in [-0.25, -0.2) is 9.67 Å². The Labute approximate surface area is 168 Å². The summed E-state index contributed by atoms with van der Waals surface area (Å²) in [7, 11) is 1.75. The second-order valence-corrected chi connectivity index (χ2v) is 7.49. The van der Waals surface area contributed by atoms with Gasteiger partial charge in [0.05, 0.1) is 17.6 Å². The lowest BCUT2D eigenvalue weighted by Crippen LogP contribution is -2.45. The summed E-state index contributed by atoms with van der Waals surface area (Å²) in [5.41, 5.74) is 1.14. The minimum absolute atomic E-state index is 0.173. The van der Waals surface area contributed by atoms with Gasteiger partial charge in [-0.1, -0.05) is 31.9 Å². The Balaban J connectivity index is 1.74. The van der Waals surface area contributed by atoms with Crippen molar-refractivity contribution in [2.45, 2.75) is 32.9 Å². The molecule has 4 rings (SSSR count). The highest BCUT2D eigenvalue weighted by Crippen LogP contribution is 2.35. The van der Waals surface area contributed by atoms with Gasteiger partial charge in [0.1, 0.15) is 0 Å². The summed E-state index contributed by atoms with van der Waals surface area (Å²) in [4.78, 5) is 24.0. The van der Waals surface area contributed by atoms with Crippen LogP contribution in [0.25, 0.3) is 11.4 Å². The van der Waals surface area contributed by atoms with Crippen molar-refractivity contribution in [1.82, 2.24) is 34.4 Å². The number of pyridine rings is 1. The molecule has 0 saturated carbocycles. The van der Waals surface area contributed by atoms with E-state index in [1.54, 1.807) is 30.3 Å². The molecule has 3 aromatic heterocycles. The third kappa shape index (κ3) is 3.17. The normalized spacial score (nSPS) is 17.4. The smallest absolute Gasteiger partial charge is 0.276 e. The molecule has 3 aromatic rings. The van der Waals surface area contributed by atoms with Gasteiger partial charge in [-0.05, 0) is 18.1 Å². The van der Waals surface area contributed by atoms with E-state index in [1.165, 1.54) is 0 Å². The third-order valence-corrected chi connectivity index (χ3v) is 5.48. The maximum atomic E-state index is 13.2. The van der Waals surface area contributed by atoms with E-state index in [2.05, 4.69) is 29.0 Å². The number of halogens is 1. The summed E-state index contributed by atoms with van der Waals surface area (Å²) in [6, 6.07) is 3.60.